The van der Waals surface area contributed by atoms with Gasteiger partial charge < -0.3 is 10.3 Å². The number of rotatable bonds is 4. The molecule has 0 amide bonds. The minimum absolute atomic E-state index is 0.00240. The van der Waals surface area contributed by atoms with E-state index in [1.54, 1.807) is 0 Å². The zero-order valence-electron chi connectivity index (χ0n) is 11.9. The molecule has 0 bridgehead atoms. The Labute approximate surface area is 110 Å². The van der Waals surface area contributed by atoms with Crippen molar-refractivity contribution in [2.75, 3.05) is 13.6 Å². The van der Waals surface area contributed by atoms with Crippen molar-refractivity contribution in [1.29, 1.82) is 0 Å². The first-order valence-corrected chi connectivity index (χ1v) is 6.92. The molecule has 4 nitrogen and oxygen atoms in total. The third-order valence-corrected chi connectivity index (χ3v) is 4.04. The van der Waals surface area contributed by atoms with E-state index in [-0.39, 0.29) is 5.54 Å². The highest BCUT2D eigenvalue weighted by molar-refractivity contribution is 4.95. The highest BCUT2D eigenvalue weighted by Crippen LogP contribution is 2.30. The molecule has 1 aliphatic carbocycles. The number of aromatic nitrogens is 2. The number of nitrogens with zero attached hydrogens (tertiary/aromatic N) is 3. The molecule has 2 atom stereocenters. The van der Waals surface area contributed by atoms with Gasteiger partial charge in [-0.1, -0.05) is 19.8 Å². The van der Waals surface area contributed by atoms with Gasteiger partial charge >= 0.3 is 0 Å². The SMILES string of the molecule is CC1CCCC(N)(CN(C)Cc2nccn2C)C1. The molecular formula is C14H26N4. The molecule has 102 valence electrons. The maximum absolute atomic E-state index is 6.55. The minimum atomic E-state index is -0.00240. The summed E-state index contributed by atoms with van der Waals surface area (Å²) in [4.78, 5) is 6.67. The molecule has 1 heterocycles. The van der Waals surface area contributed by atoms with E-state index in [4.69, 9.17) is 5.73 Å². The molecule has 2 unspecified atom stereocenters. The molecule has 1 aliphatic rings. The molecule has 0 saturated heterocycles. The Morgan fingerprint density at radius 2 is 2.39 bits per heavy atom. The van der Waals surface area contributed by atoms with Crippen molar-refractivity contribution in [1.82, 2.24) is 14.5 Å². The molecule has 0 aromatic carbocycles. The molecule has 0 spiro atoms. The summed E-state index contributed by atoms with van der Waals surface area (Å²) in [7, 11) is 4.18. The van der Waals surface area contributed by atoms with Crippen LogP contribution in [0.5, 0.6) is 0 Å². The van der Waals surface area contributed by atoms with Crippen molar-refractivity contribution < 1.29 is 0 Å². The van der Waals surface area contributed by atoms with E-state index in [0.29, 0.717) is 0 Å². The van der Waals surface area contributed by atoms with Crippen LogP contribution in [-0.4, -0.2) is 33.6 Å². The molecule has 4 heteroatoms. The van der Waals surface area contributed by atoms with Gasteiger partial charge in [0, 0.05) is 31.5 Å². The molecular weight excluding hydrogens is 224 g/mol. The Morgan fingerprint density at radius 3 is 3.00 bits per heavy atom. The van der Waals surface area contributed by atoms with Crippen LogP contribution in [0.1, 0.15) is 38.4 Å². The highest BCUT2D eigenvalue weighted by atomic mass is 15.2. The predicted octanol–water partition coefficient (Wildman–Crippen LogP) is 1.76. The van der Waals surface area contributed by atoms with Crippen LogP contribution in [-0.2, 0) is 13.6 Å². The molecule has 0 radical (unpaired) electrons. The Morgan fingerprint density at radius 1 is 1.61 bits per heavy atom. The topological polar surface area (TPSA) is 47.1 Å². The number of likely N-dealkylation sites (N-methyl/N-ethyl adjacent to an activating group) is 1. The Hall–Kier alpha value is -0.870. The lowest BCUT2D eigenvalue weighted by atomic mass is 9.77. The average Bonchev–Trinajstić information content (AvgIpc) is 2.62. The van der Waals surface area contributed by atoms with Crippen molar-refractivity contribution >= 4 is 0 Å². The number of hydrogen-bond donors (Lipinski definition) is 1. The first-order chi connectivity index (χ1) is 8.48. The lowest BCUT2D eigenvalue weighted by Gasteiger charge is -2.39. The van der Waals surface area contributed by atoms with Crippen LogP contribution < -0.4 is 5.73 Å². The second-order valence-corrected chi connectivity index (χ2v) is 6.19. The second-order valence-electron chi connectivity index (χ2n) is 6.19. The molecule has 1 saturated carbocycles. The van der Waals surface area contributed by atoms with Crippen LogP contribution in [0.4, 0.5) is 0 Å². The van der Waals surface area contributed by atoms with Gasteiger partial charge in [-0.15, -0.1) is 0 Å². The molecule has 1 aromatic rings. The van der Waals surface area contributed by atoms with E-state index >= 15 is 0 Å². The molecule has 2 rings (SSSR count). The normalized spacial score (nSPS) is 28.8. The van der Waals surface area contributed by atoms with Crippen LogP contribution in [0.2, 0.25) is 0 Å². The number of imidazole rings is 1. The fraction of sp³-hybridized carbons (Fsp3) is 0.786. The van der Waals surface area contributed by atoms with Crippen LogP contribution in [0.3, 0.4) is 0 Å². The standard InChI is InChI=1S/C14H26N4/c1-12-5-4-6-14(15,9-12)11-17(2)10-13-16-7-8-18(13)3/h7-8,12H,4-6,9-11,15H2,1-3H3. The van der Waals surface area contributed by atoms with Crippen LogP contribution >= 0.6 is 0 Å². The summed E-state index contributed by atoms with van der Waals surface area (Å²) >= 11 is 0. The van der Waals surface area contributed by atoms with Crippen molar-refractivity contribution in [2.45, 2.75) is 44.7 Å². The van der Waals surface area contributed by atoms with Gasteiger partial charge in [-0.3, -0.25) is 4.90 Å². The van der Waals surface area contributed by atoms with Crippen molar-refractivity contribution in [3.8, 4) is 0 Å². The maximum atomic E-state index is 6.55. The maximum Gasteiger partial charge on any atom is 0.122 e. The number of hydrogen-bond acceptors (Lipinski definition) is 3. The summed E-state index contributed by atoms with van der Waals surface area (Å²) in [6.45, 7) is 4.15. The quantitative estimate of drug-likeness (QED) is 0.886. The first-order valence-electron chi connectivity index (χ1n) is 6.92. The van der Waals surface area contributed by atoms with Gasteiger partial charge in [0.15, 0.2) is 0 Å². The lowest BCUT2D eigenvalue weighted by molar-refractivity contribution is 0.163. The van der Waals surface area contributed by atoms with Gasteiger partial charge in [0.1, 0.15) is 5.82 Å². The monoisotopic (exact) mass is 250 g/mol. The fourth-order valence-electron chi connectivity index (χ4n) is 3.23. The predicted molar refractivity (Wildman–Crippen MR) is 74.1 cm³/mol. The van der Waals surface area contributed by atoms with Gasteiger partial charge in [0.2, 0.25) is 0 Å². The third kappa shape index (κ3) is 3.33. The average molecular weight is 250 g/mol. The van der Waals surface area contributed by atoms with Crippen molar-refractivity contribution in [2.24, 2.45) is 18.7 Å². The molecule has 18 heavy (non-hydrogen) atoms. The zero-order chi connectivity index (χ0) is 13.2. The summed E-state index contributed by atoms with van der Waals surface area (Å²) < 4.78 is 2.07. The third-order valence-electron chi connectivity index (χ3n) is 4.04. The van der Waals surface area contributed by atoms with Gasteiger partial charge in [-0.2, -0.15) is 0 Å². The van der Waals surface area contributed by atoms with E-state index in [1.807, 2.05) is 19.4 Å². The fourth-order valence-corrected chi connectivity index (χ4v) is 3.23. The van der Waals surface area contributed by atoms with E-state index in [0.717, 1.165) is 37.7 Å². The largest absolute Gasteiger partial charge is 0.337 e. The zero-order valence-corrected chi connectivity index (χ0v) is 11.9. The second kappa shape index (κ2) is 5.41. The van der Waals surface area contributed by atoms with Gasteiger partial charge in [0.05, 0.1) is 6.54 Å². The molecule has 2 N–H and O–H groups in total. The summed E-state index contributed by atoms with van der Waals surface area (Å²) in [5.41, 5.74) is 6.55. The summed E-state index contributed by atoms with van der Waals surface area (Å²) in [5, 5.41) is 0. The lowest BCUT2D eigenvalue weighted by Crippen LogP contribution is -2.51. The summed E-state index contributed by atoms with van der Waals surface area (Å²) in [5.74, 6) is 1.87. The Kier molecular flexibility index (Phi) is 4.07. The van der Waals surface area contributed by atoms with E-state index in [9.17, 15) is 0 Å². The van der Waals surface area contributed by atoms with Gasteiger partial charge in [-0.05, 0) is 25.8 Å². The summed E-state index contributed by atoms with van der Waals surface area (Å²) in [6, 6.07) is 0. The number of aryl methyl sites for hydroxylation is 1. The van der Waals surface area contributed by atoms with Gasteiger partial charge in [0.25, 0.3) is 0 Å². The summed E-state index contributed by atoms with van der Waals surface area (Å²) in [6.07, 6.45) is 8.75. The highest BCUT2D eigenvalue weighted by Gasteiger charge is 2.32. The van der Waals surface area contributed by atoms with Gasteiger partial charge in [-0.25, -0.2) is 4.98 Å². The van der Waals surface area contributed by atoms with Crippen LogP contribution in [0.15, 0.2) is 12.4 Å². The van der Waals surface area contributed by atoms with E-state index in [2.05, 4.69) is 28.4 Å². The Bertz CT molecular complexity index is 387. The molecule has 1 aromatic heterocycles. The van der Waals surface area contributed by atoms with E-state index < -0.39 is 0 Å². The van der Waals surface area contributed by atoms with E-state index in [1.165, 1.54) is 12.8 Å². The Balaban J connectivity index is 1.90. The first kappa shape index (κ1) is 13.6. The number of nitrogens with two attached hydrogens (primary N) is 1. The van der Waals surface area contributed by atoms with Crippen molar-refractivity contribution in [3.63, 3.8) is 0 Å². The van der Waals surface area contributed by atoms with Crippen LogP contribution in [0.25, 0.3) is 0 Å². The minimum Gasteiger partial charge on any atom is -0.337 e. The molecule has 1 fully saturated rings. The van der Waals surface area contributed by atoms with Crippen molar-refractivity contribution in [3.05, 3.63) is 18.2 Å². The molecule has 0 aliphatic heterocycles. The smallest absolute Gasteiger partial charge is 0.122 e. The van der Waals surface area contributed by atoms with Crippen LogP contribution in [0, 0.1) is 5.92 Å².